The molecule has 1 fully saturated rings. The lowest BCUT2D eigenvalue weighted by atomic mass is 9.69. The molecule has 0 aromatic carbocycles. The van der Waals surface area contributed by atoms with E-state index in [1.807, 2.05) is 0 Å². The lowest BCUT2D eigenvalue weighted by Crippen LogP contribution is -2.64. The zero-order valence-electron chi connectivity index (χ0n) is 21.5. The molecule has 1 amide bonds. The zero-order chi connectivity index (χ0) is 26.6. The summed E-state index contributed by atoms with van der Waals surface area (Å²) in [4.78, 5) is 45.8. The van der Waals surface area contributed by atoms with Crippen LogP contribution in [0, 0.1) is 17.3 Å². The van der Waals surface area contributed by atoms with Crippen molar-refractivity contribution in [3.63, 3.8) is 0 Å². The first-order valence-corrected chi connectivity index (χ1v) is 14.7. The quantitative estimate of drug-likeness (QED) is 0.0299. The van der Waals surface area contributed by atoms with Crippen LogP contribution in [0.4, 0.5) is 0 Å². The normalized spacial score (nSPS) is 17.0. The standard InChI is InChI=1S/C23H38N6O5Si/c1-7-13-33-22(32)19(27-24)20(30)18(11-9-8-10-12-26-28-25)29-14-16(21(29)31)17(23(2,3)4)15-34-35(5)6/h7,16-18,35H,1,8-15H2,2-6H3. The number of ketones is 1. The molecule has 35 heavy (non-hydrogen) atoms. The molecule has 0 saturated carbocycles. The van der Waals surface area contributed by atoms with E-state index < -0.39 is 32.5 Å². The van der Waals surface area contributed by atoms with Gasteiger partial charge < -0.3 is 19.6 Å². The lowest BCUT2D eigenvalue weighted by Gasteiger charge is -2.49. The molecule has 1 aliphatic rings. The first-order chi connectivity index (χ1) is 16.5. The summed E-state index contributed by atoms with van der Waals surface area (Å²) in [6.45, 7) is 14.8. The summed E-state index contributed by atoms with van der Waals surface area (Å²) in [6.07, 6.45) is 3.45. The Morgan fingerprint density at radius 3 is 2.49 bits per heavy atom. The number of rotatable bonds is 16. The van der Waals surface area contributed by atoms with Crippen molar-refractivity contribution in [2.45, 2.75) is 65.6 Å². The van der Waals surface area contributed by atoms with E-state index in [2.05, 4.69) is 55.3 Å². The second-order valence-electron chi connectivity index (χ2n) is 9.97. The highest BCUT2D eigenvalue weighted by Crippen LogP contribution is 2.39. The molecule has 1 saturated heterocycles. The fourth-order valence-electron chi connectivity index (χ4n) is 4.05. The van der Waals surface area contributed by atoms with E-state index in [4.69, 9.17) is 14.7 Å². The Balaban J connectivity index is 3.06. The van der Waals surface area contributed by atoms with Crippen molar-refractivity contribution in [3.05, 3.63) is 28.6 Å². The van der Waals surface area contributed by atoms with Crippen molar-refractivity contribution in [3.8, 4) is 0 Å². The maximum Gasteiger partial charge on any atom is 0.443 e. The van der Waals surface area contributed by atoms with E-state index >= 15 is 0 Å². The lowest BCUT2D eigenvalue weighted by molar-refractivity contribution is -0.162. The number of carbonyl (C=O) groups is 3. The van der Waals surface area contributed by atoms with E-state index in [-0.39, 0.29) is 36.2 Å². The molecular formula is C23H38N6O5Si. The van der Waals surface area contributed by atoms with Crippen molar-refractivity contribution in [1.82, 2.24) is 4.90 Å². The molecule has 0 aromatic heterocycles. The summed E-state index contributed by atoms with van der Waals surface area (Å²) in [5, 5.41) is 3.49. The molecule has 3 atom stereocenters. The SMILES string of the molecule is C=CCOC(=O)C(=[N+]=[N-])C(=O)C(CCCCCN=[N+]=[N-])N1CC(C(CO[SiH](C)C)C(C)(C)C)C1=O. The highest BCUT2D eigenvalue weighted by molar-refractivity contribution is 6.63. The van der Waals surface area contributed by atoms with Crippen LogP contribution in [0.1, 0.15) is 46.5 Å². The van der Waals surface area contributed by atoms with E-state index in [0.717, 1.165) is 0 Å². The van der Waals surface area contributed by atoms with Crippen molar-refractivity contribution < 1.29 is 28.3 Å². The molecule has 0 aliphatic carbocycles. The number of azide groups is 1. The number of carbonyl (C=O) groups excluding carboxylic acids is 3. The maximum atomic E-state index is 13.3. The largest absolute Gasteiger partial charge is 0.453 e. The summed E-state index contributed by atoms with van der Waals surface area (Å²) < 4.78 is 10.8. The molecule has 1 heterocycles. The summed E-state index contributed by atoms with van der Waals surface area (Å²) >= 11 is 0. The molecule has 194 valence electrons. The number of Topliss-reactive ketones (excluding diaryl/α,β-unsaturated/α-hetero) is 1. The summed E-state index contributed by atoms with van der Waals surface area (Å²) in [6, 6.07) is -0.957. The number of ether oxygens (including phenoxy) is 1. The number of likely N-dealkylation sites (tertiary alicyclic amines) is 1. The predicted molar refractivity (Wildman–Crippen MR) is 134 cm³/mol. The van der Waals surface area contributed by atoms with Gasteiger partial charge in [0.1, 0.15) is 12.6 Å². The van der Waals surface area contributed by atoms with Gasteiger partial charge in [-0.05, 0) is 42.8 Å². The van der Waals surface area contributed by atoms with Crippen LogP contribution in [0.3, 0.4) is 0 Å². The molecule has 3 unspecified atom stereocenters. The Bertz CT molecular complexity index is 874. The van der Waals surface area contributed by atoms with Gasteiger partial charge in [-0.25, -0.2) is 4.79 Å². The molecular weight excluding hydrogens is 468 g/mol. The van der Waals surface area contributed by atoms with E-state index in [9.17, 15) is 19.9 Å². The predicted octanol–water partition coefficient (Wildman–Crippen LogP) is 3.32. The average Bonchev–Trinajstić information content (AvgIpc) is 2.78. The minimum Gasteiger partial charge on any atom is -0.453 e. The van der Waals surface area contributed by atoms with E-state index in [0.29, 0.717) is 39.0 Å². The summed E-state index contributed by atoms with van der Waals surface area (Å²) in [5.41, 5.74) is 16.8. The van der Waals surface area contributed by atoms with Gasteiger partial charge in [-0.3, -0.25) is 9.59 Å². The van der Waals surface area contributed by atoms with Crippen LogP contribution in [0.5, 0.6) is 0 Å². The van der Waals surface area contributed by atoms with Crippen LogP contribution in [0.25, 0.3) is 16.0 Å². The molecule has 0 radical (unpaired) electrons. The van der Waals surface area contributed by atoms with Crippen molar-refractivity contribution in [2.24, 2.45) is 22.4 Å². The van der Waals surface area contributed by atoms with Gasteiger partial charge in [-0.15, -0.1) is 0 Å². The van der Waals surface area contributed by atoms with Crippen LogP contribution in [-0.4, -0.2) is 74.4 Å². The van der Waals surface area contributed by atoms with Gasteiger partial charge >= 0.3 is 11.7 Å². The van der Waals surface area contributed by atoms with E-state index in [1.165, 1.54) is 11.0 Å². The fourth-order valence-corrected chi connectivity index (χ4v) is 4.64. The van der Waals surface area contributed by atoms with Crippen molar-refractivity contribution >= 4 is 32.4 Å². The number of hydrogen-bond donors (Lipinski definition) is 0. The summed E-state index contributed by atoms with van der Waals surface area (Å²) in [5.74, 6) is -2.34. The minimum atomic E-state index is -1.28. The number of nitrogens with zero attached hydrogens (tertiary/aromatic N) is 6. The average molecular weight is 507 g/mol. The number of hydrogen-bond acceptors (Lipinski definition) is 6. The summed E-state index contributed by atoms with van der Waals surface area (Å²) in [7, 11) is -1.28. The third-order valence-electron chi connectivity index (χ3n) is 6.04. The van der Waals surface area contributed by atoms with Crippen LogP contribution < -0.4 is 0 Å². The first kappa shape index (κ1) is 30.2. The Morgan fingerprint density at radius 2 is 1.97 bits per heavy atom. The molecule has 11 nitrogen and oxygen atoms in total. The zero-order valence-corrected chi connectivity index (χ0v) is 22.6. The number of unbranched alkanes of at least 4 members (excludes halogenated alkanes) is 2. The van der Waals surface area contributed by atoms with E-state index in [1.54, 1.807) is 0 Å². The molecule has 0 aromatic rings. The first-order valence-electron chi connectivity index (χ1n) is 12.0. The van der Waals surface area contributed by atoms with Crippen molar-refractivity contribution in [1.29, 1.82) is 0 Å². The fraction of sp³-hybridized carbons (Fsp3) is 0.739. The second kappa shape index (κ2) is 14.6. The van der Waals surface area contributed by atoms with Gasteiger partial charge in [0.05, 0.1) is 5.92 Å². The van der Waals surface area contributed by atoms with Gasteiger partial charge in [0.25, 0.3) is 5.78 Å². The third kappa shape index (κ3) is 9.07. The van der Waals surface area contributed by atoms with Crippen LogP contribution >= 0.6 is 0 Å². The topological polar surface area (TPSA) is 158 Å². The third-order valence-corrected chi connectivity index (χ3v) is 6.90. The van der Waals surface area contributed by atoms with Gasteiger partial charge in [0.15, 0.2) is 9.04 Å². The van der Waals surface area contributed by atoms with Gasteiger partial charge in [-0.1, -0.05) is 51.4 Å². The number of β-lactam (4-membered cyclic amide) rings is 1. The van der Waals surface area contributed by atoms with Gasteiger partial charge in [0, 0.05) is 24.6 Å². The molecule has 0 bridgehead atoms. The second-order valence-corrected chi connectivity index (χ2v) is 12.4. The maximum absolute atomic E-state index is 13.3. The molecule has 0 spiro atoms. The molecule has 12 heteroatoms. The van der Waals surface area contributed by atoms with Crippen molar-refractivity contribution in [2.75, 3.05) is 26.3 Å². The van der Waals surface area contributed by atoms with Gasteiger partial charge in [0.2, 0.25) is 5.91 Å². The molecule has 0 N–H and O–H groups in total. The monoisotopic (exact) mass is 506 g/mol. The Hall–Kier alpha value is -2.78. The number of amides is 1. The number of esters is 1. The molecule has 1 rings (SSSR count). The van der Waals surface area contributed by atoms with Gasteiger partial charge in [-0.2, -0.15) is 4.79 Å². The van der Waals surface area contributed by atoms with Crippen LogP contribution in [0.15, 0.2) is 17.8 Å². The van der Waals surface area contributed by atoms with Crippen LogP contribution in [-0.2, 0) is 23.5 Å². The Kier molecular flexibility index (Phi) is 12.6. The Morgan fingerprint density at radius 1 is 1.29 bits per heavy atom. The molecule has 1 aliphatic heterocycles. The highest BCUT2D eigenvalue weighted by Gasteiger charge is 2.51. The highest BCUT2D eigenvalue weighted by atomic mass is 28.3. The minimum absolute atomic E-state index is 0.0238. The Labute approximate surface area is 208 Å². The van der Waals surface area contributed by atoms with Crippen LogP contribution in [0.2, 0.25) is 13.1 Å². The smallest absolute Gasteiger partial charge is 0.443 e.